The van der Waals surface area contributed by atoms with E-state index in [0.717, 1.165) is 10.8 Å². The van der Waals surface area contributed by atoms with Crippen LogP contribution in [0, 0.1) is 0 Å². The number of nitrogens with one attached hydrogen (secondary N) is 1. The monoisotopic (exact) mass is 309 g/mol. The highest BCUT2D eigenvalue weighted by Gasteiger charge is 2.13. The molecule has 0 aliphatic rings. The zero-order valence-electron chi connectivity index (χ0n) is 11.9. The molecule has 2 aromatic heterocycles. The number of amides is 1. The first-order valence-corrected chi connectivity index (χ1v) is 8.42. The van der Waals surface area contributed by atoms with Gasteiger partial charge in [-0.3, -0.25) is 9.69 Å². The van der Waals surface area contributed by atoms with Crippen LogP contribution in [0.1, 0.15) is 38.1 Å². The molecule has 4 nitrogen and oxygen atoms in total. The Balaban J connectivity index is 1.94. The third-order valence-corrected chi connectivity index (χ3v) is 4.71. The van der Waals surface area contributed by atoms with Crippen LogP contribution in [-0.2, 0) is 11.3 Å². The third-order valence-electron chi connectivity index (χ3n) is 3.10. The summed E-state index contributed by atoms with van der Waals surface area (Å²) in [7, 11) is 0. The quantitative estimate of drug-likeness (QED) is 0.889. The van der Waals surface area contributed by atoms with E-state index in [2.05, 4.69) is 34.1 Å². The molecule has 108 valence electrons. The van der Waals surface area contributed by atoms with Gasteiger partial charge in [0, 0.05) is 31.4 Å². The van der Waals surface area contributed by atoms with E-state index in [1.807, 2.05) is 12.3 Å². The van der Waals surface area contributed by atoms with Crippen molar-refractivity contribution in [3.8, 4) is 0 Å². The molecule has 0 aliphatic heterocycles. The van der Waals surface area contributed by atoms with Gasteiger partial charge in [-0.2, -0.15) is 11.3 Å². The summed E-state index contributed by atoms with van der Waals surface area (Å²) in [5.41, 5.74) is 2.27. The zero-order chi connectivity index (χ0) is 14.5. The van der Waals surface area contributed by atoms with E-state index in [1.54, 1.807) is 23.2 Å². The van der Waals surface area contributed by atoms with Gasteiger partial charge in [0.15, 0.2) is 5.13 Å². The molecule has 0 saturated heterocycles. The molecule has 2 aromatic rings. The van der Waals surface area contributed by atoms with E-state index in [4.69, 9.17) is 0 Å². The second kappa shape index (κ2) is 6.97. The van der Waals surface area contributed by atoms with Gasteiger partial charge in [0.25, 0.3) is 0 Å². The fourth-order valence-corrected chi connectivity index (χ4v) is 3.58. The SMILES string of the molecule is CCN(C(C)=O)c1nc(CNC(C)c2ccsc2)cs1. The Morgan fingerprint density at radius 2 is 2.30 bits per heavy atom. The summed E-state index contributed by atoms with van der Waals surface area (Å²) < 4.78 is 0. The van der Waals surface area contributed by atoms with E-state index in [1.165, 1.54) is 16.9 Å². The van der Waals surface area contributed by atoms with Crippen LogP contribution in [-0.4, -0.2) is 17.4 Å². The van der Waals surface area contributed by atoms with Crippen molar-refractivity contribution in [1.29, 1.82) is 0 Å². The maximum absolute atomic E-state index is 11.5. The summed E-state index contributed by atoms with van der Waals surface area (Å²) in [4.78, 5) is 17.7. The number of hydrogen-bond acceptors (Lipinski definition) is 5. The molecular formula is C14H19N3OS2. The van der Waals surface area contributed by atoms with E-state index in [-0.39, 0.29) is 5.91 Å². The average molecular weight is 309 g/mol. The standard InChI is InChI=1S/C14H19N3OS2/c1-4-17(11(3)18)14-16-13(9-20-14)7-15-10(2)12-5-6-19-8-12/h5-6,8-10,15H,4,7H2,1-3H3. The number of carbonyl (C=O) groups excluding carboxylic acids is 1. The third kappa shape index (κ3) is 3.65. The van der Waals surface area contributed by atoms with Crippen LogP contribution in [0.2, 0.25) is 0 Å². The van der Waals surface area contributed by atoms with Crippen molar-refractivity contribution >= 4 is 33.7 Å². The molecule has 0 spiro atoms. The summed E-state index contributed by atoms with van der Waals surface area (Å²) >= 11 is 3.22. The molecule has 0 fully saturated rings. The number of aromatic nitrogens is 1. The highest BCUT2D eigenvalue weighted by atomic mass is 32.1. The Labute approximate surface area is 127 Å². The molecule has 0 aliphatic carbocycles. The van der Waals surface area contributed by atoms with E-state index < -0.39 is 0 Å². The van der Waals surface area contributed by atoms with Crippen LogP contribution >= 0.6 is 22.7 Å². The van der Waals surface area contributed by atoms with Crippen molar-refractivity contribution in [2.75, 3.05) is 11.4 Å². The molecule has 0 bridgehead atoms. The predicted molar refractivity (Wildman–Crippen MR) is 85.4 cm³/mol. The first kappa shape index (κ1) is 15.2. The minimum atomic E-state index is 0.0352. The van der Waals surface area contributed by atoms with Crippen LogP contribution in [0.15, 0.2) is 22.2 Å². The Kier molecular flexibility index (Phi) is 5.28. The van der Waals surface area contributed by atoms with Gasteiger partial charge in [0.05, 0.1) is 5.69 Å². The highest BCUT2D eigenvalue weighted by Crippen LogP contribution is 2.21. The second-order valence-corrected chi connectivity index (χ2v) is 6.16. The maximum atomic E-state index is 11.5. The smallest absolute Gasteiger partial charge is 0.225 e. The second-order valence-electron chi connectivity index (χ2n) is 4.54. The fraction of sp³-hybridized carbons (Fsp3) is 0.429. The van der Waals surface area contributed by atoms with Crippen molar-refractivity contribution < 1.29 is 4.79 Å². The Morgan fingerprint density at radius 3 is 2.90 bits per heavy atom. The van der Waals surface area contributed by atoms with E-state index in [9.17, 15) is 4.79 Å². The summed E-state index contributed by atoms with van der Waals surface area (Å²) in [5.74, 6) is 0.0352. The zero-order valence-corrected chi connectivity index (χ0v) is 13.6. The number of thiophene rings is 1. The van der Waals surface area contributed by atoms with Gasteiger partial charge in [0.2, 0.25) is 5.91 Å². The number of carbonyl (C=O) groups is 1. The van der Waals surface area contributed by atoms with Crippen molar-refractivity contribution in [2.45, 2.75) is 33.4 Å². The molecule has 20 heavy (non-hydrogen) atoms. The normalized spacial score (nSPS) is 12.3. The van der Waals surface area contributed by atoms with Crippen LogP contribution < -0.4 is 10.2 Å². The van der Waals surface area contributed by atoms with Crippen molar-refractivity contribution in [2.24, 2.45) is 0 Å². The lowest BCUT2D eigenvalue weighted by molar-refractivity contribution is -0.116. The molecule has 1 atom stereocenters. The minimum Gasteiger partial charge on any atom is -0.305 e. The molecule has 6 heteroatoms. The molecular weight excluding hydrogens is 290 g/mol. The van der Waals surface area contributed by atoms with E-state index >= 15 is 0 Å². The van der Waals surface area contributed by atoms with Gasteiger partial charge in [0.1, 0.15) is 0 Å². The molecule has 1 unspecified atom stereocenters. The van der Waals surface area contributed by atoms with Gasteiger partial charge in [-0.1, -0.05) is 0 Å². The Hall–Kier alpha value is -1.24. The Bertz CT molecular complexity index is 551. The number of anilines is 1. The van der Waals surface area contributed by atoms with Crippen molar-refractivity contribution in [1.82, 2.24) is 10.3 Å². The Morgan fingerprint density at radius 1 is 1.50 bits per heavy atom. The fourth-order valence-electron chi connectivity index (χ4n) is 1.89. The molecule has 0 radical (unpaired) electrons. The van der Waals surface area contributed by atoms with Crippen LogP contribution in [0.25, 0.3) is 0 Å². The lowest BCUT2D eigenvalue weighted by Crippen LogP contribution is -2.27. The van der Waals surface area contributed by atoms with Crippen LogP contribution in [0.4, 0.5) is 5.13 Å². The number of thiazole rings is 1. The molecule has 0 saturated carbocycles. The molecule has 1 amide bonds. The largest absolute Gasteiger partial charge is 0.305 e. The van der Waals surface area contributed by atoms with Crippen molar-refractivity contribution in [3.05, 3.63) is 33.5 Å². The van der Waals surface area contributed by atoms with Crippen molar-refractivity contribution in [3.63, 3.8) is 0 Å². The van der Waals surface area contributed by atoms with Gasteiger partial charge in [-0.25, -0.2) is 4.98 Å². The van der Waals surface area contributed by atoms with Gasteiger partial charge in [-0.15, -0.1) is 11.3 Å². The molecule has 2 heterocycles. The summed E-state index contributed by atoms with van der Waals surface area (Å²) in [6, 6.07) is 2.44. The number of nitrogens with zero attached hydrogens (tertiary/aromatic N) is 2. The number of rotatable bonds is 6. The molecule has 1 N–H and O–H groups in total. The minimum absolute atomic E-state index is 0.0352. The van der Waals surface area contributed by atoms with Gasteiger partial charge < -0.3 is 5.32 Å². The van der Waals surface area contributed by atoms with Crippen LogP contribution in [0.3, 0.4) is 0 Å². The summed E-state index contributed by atoms with van der Waals surface area (Å²) in [5, 5.41) is 10.5. The first-order chi connectivity index (χ1) is 9.61. The lowest BCUT2D eigenvalue weighted by atomic mass is 10.2. The lowest BCUT2D eigenvalue weighted by Gasteiger charge is -2.14. The highest BCUT2D eigenvalue weighted by molar-refractivity contribution is 7.14. The van der Waals surface area contributed by atoms with E-state index in [0.29, 0.717) is 19.1 Å². The van der Waals surface area contributed by atoms with Crippen LogP contribution in [0.5, 0.6) is 0 Å². The number of hydrogen-bond donors (Lipinski definition) is 1. The topological polar surface area (TPSA) is 45.2 Å². The maximum Gasteiger partial charge on any atom is 0.225 e. The van der Waals surface area contributed by atoms with Gasteiger partial charge in [-0.05, 0) is 36.2 Å². The van der Waals surface area contributed by atoms with Gasteiger partial charge >= 0.3 is 0 Å². The molecule has 0 aromatic carbocycles. The molecule has 2 rings (SSSR count). The summed E-state index contributed by atoms with van der Waals surface area (Å²) in [6.45, 7) is 7.04. The summed E-state index contributed by atoms with van der Waals surface area (Å²) in [6.07, 6.45) is 0. The average Bonchev–Trinajstić information content (AvgIpc) is 3.08. The predicted octanol–water partition coefficient (Wildman–Crippen LogP) is 3.43. The first-order valence-electron chi connectivity index (χ1n) is 6.59.